The van der Waals surface area contributed by atoms with Crippen molar-refractivity contribution < 1.29 is 14.2 Å². The van der Waals surface area contributed by atoms with Crippen molar-refractivity contribution in [2.24, 2.45) is 5.10 Å². The minimum atomic E-state index is -0.548. The number of amides is 1. The molecule has 0 saturated heterocycles. The van der Waals surface area contributed by atoms with Crippen LogP contribution in [0.25, 0.3) is 17.1 Å². The number of hydrogen-bond donors (Lipinski definition) is 2. The van der Waals surface area contributed by atoms with E-state index >= 15 is 0 Å². The van der Waals surface area contributed by atoms with E-state index < -0.39 is 5.91 Å². The zero-order chi connectivity index (χ0) is 20.9. The van der Waals surface area contributed by atoms with Crippen LogP contribution in [0.1, 0.15) is 22.3 Å². The highest BCUT2D eigenvalue weighted by atomic mass is 32.1. The molecule has 4 rings (SSSR count). The standard InChI is InChI=1S/C18H16N8O3S/c1-2-28-12-7-5-11(6-8-12)15-14(18(27)22-20-10-13-4-3-9-30-13)21-25-26(15)17-16(19)23-29-24-17/h3-10H,2H2,1H3,(H2,19,23)(H,22,27). The predicted molar refractivity (Wildman–Crippen MR) is 110 cm³/mol. The van der Waals surface area contributed by atoms with Gasteiger partial charge in [0.15, 0.2) is 5.69 Å². The molecule has 11 nitrogen and oxygen atoms in total. The number of hydrazone groups is 1. The summed E-state index contributed by atoms with van der Waals surface area (Å²) in [6.07, 6.45) is 1.54. The number of ether oxygens (including phenoxy) is 1. The van der Waals surface area contributed by atoms with Crippen molar-refractivity contribution in [3.05, 3.63) is 52.3 Å². The number of nitrogens with zero attached hydrogens (tertiary/aromatic N) is 6. The van der Waals surface area contributed by atoms with Gasteiger partial charge >= 0.3 is 0 Å². The molecule has 4 aromatic rings. The summed E-state index contributed by atoms with van der Waals surface area (Å²) in [5.74, 6) is 0.268. The zero-order valence-corrected chi connectivity index (χ0v) is 16.5. The molecule has 3 N–H and O–H groups in total. The zero-order valence-electron chi connectivity index (χ0n) is 15.7. The van der Waals surface area contributed by atoms with Crippen LogP contribution in [0.4, 0.5) is 5.82 Å². The average Bonchev–Trinajstić information content (AvgIpc) is 3.49. The van der Waals surface area contributed by atoms with Crippen LogP contribution >= 0.6 is 11.3 Å². The number of carbonyl (C=O) groups is 1. The molecule has 1 aromatic carbocycles. The molecule has 1 amide bonds. The van der Waals surface area contributed by atoms with Gasteiger partial charge in [0.25, 0.3) is 5.91 Å². The van der Waals surface area contributed by atoms with E-state index in [9.17, 15) is 4.79 Å². The summed E-state index contributed by atoms with van der Waals surface area (Å²) >= 11 is 1.50. The van der Waals surface area contributed by atoms with Crippen LogP contribution in [0.5, 0.6) is 5.75 Å². The van der Waals surface area contributed by atoms with E-state index in [1.54, 1.807) is 30.5 Å². The molecule has 3 aromatic heterocycles. The summed E-state index contributed by atoms with van der Waals surface area (Å²) in [6, 6.07) is 10.9. The van der Waals surface area contributed by atoms with Gasteiger partial charge in [0.2, 0.25) is 11.6 Å². The van der Waals surface area contributed by atoms with Crippen molar-refractivity contribution in [2.75, 3.05) is 12.3 Å². The van der Waals surface area contributed by atoms with Crippen molar-refractivity contribution in [3.63, 3.8) is 0 Å². The number of nitrogens with two attached hydrogens (primary N) is 1. The van der Waals surface area contributed by atoms with Gasteiger partial charge in [0.1, 0.15) is 11.4 Å². The normalized spacial score (nSPS) is 11.1. The first-order valence-corrected chi connectivity index (χ1v) is 9.69. The summed E-state index contributed by atoms with van der Waals surface area (Å²) < 4.78 is 11.4. The Morgan fingerprint density at radius 2 is 2.17 bits per heavy atom. The van der Waals surface area contributed by atoms with E-state index in [2.05, 4.69) is 35.8 Å². The van der Waals surface area contributed by atoms with Crippen molar-refractivity contribution in [1.29, 1.82) is 0 Å². The molecule has 0 radical (unpaired) electrons. The molecule has 0 aliphatic rings. The molecule has 0 fully saturated rings. The number of thiophene rings is 1. The number of benzene rings is 1. The van der Waals surface area contributed by atoms with Crippen molar-refractivity contribution in [1.82, 2.24) is 30.7 Å². The summed E-state index contributed by atoms with van der Waals surface area (Å²) in [6.45, 7) is 2.43. The maximum atomic E-state index is 12.8. The fourth-order valence-corrected chi connectivity index (χ4v) is 3.21. The van der Waals surface area contributed by atoms with Gasteiger partial charge in [0, 0.05) is 10.4 Å². The average molecular weight is 424 g/mol. The van der Waals surface area contributed by atoms with Crippen LogP contribution < -0.4 is 15.9 Å². The van der Waals surface area contributed by atoms with Crippen LogP contribution in [0, 0.1) is 0 Å². The molecule has 30 heavy (non-hydrogen) atoms. The maximum absolute atomic E-state index is 12.8. The lowest BCUT2D eigenvalue weighted by Crippen LogP contribution is -2.19. The van der Waals surface area contributed by atoms with Crippen molar-refractivity contribution in [2.45, 2.75) is 6.92 Å². The molecular formula is C18H16N8O3S. The molecule has 0 saturated carbocycles. The second-order valence-corrected chi connectivity index (χ2v) is 6.82. The smallest absolute Gasteiger partial charge is 0.294 e. The van der Waals surface area contributed by atoms with Gasteiger partial charge in [0.05, 0.1) is 12.8 Å². The number of hydrogen-bond acceptors (Lipinski definition) is 10. The molecule has 152 valence electrons. The van der Waals surface area contributed by atoms with Gasteiger partial charge in [-0.05, 0) is 52.9 Å². The fourth-order valence-electron chi connectivity index (χ4n) is 2.63. The molecule has 3 heterocycles. The first-order chi connectivity index (χ1) is 14.7. The Morgan fingerprint density at radius 1 is 1.33 bits per heavy atom. The largest absolute Gasteiger partial charge is 0.494 e. The number of nitrogen functional groups attached to an aromatic ring is 1. The SMILES string of the molecule is CCOc1ccc(-c2c(C(=O)NN=Cc3cccs3)nnn2-c2nonc2N)cc1. The summed E-state index contributed by atoms with van der Waals surface area (Å²) in [5, 5.41) is 21.2. The lowest BCUT2D eigenvalue weighted by Gasteiger charge is -2.07. The number of aromatic nitrogens is 5. The molecule has 0 spiro atoms. The Balaban J connectivity index is 1.70. The number of rotatable bonds is 7. The van der Waals surface area contributed by atoms with Gasteiger partial charge < -0.3 is 10.5 Å². The molecule has 12 heteroatoms. The first kappa shape index (κ1) is 19.3. The third kappa shape index (κ3) is 3.89. The van der Waals surface area contributed by atoms with Gasteiger partial charge in [-0.15, -0.1) is 16.4 Å². The van der Waals surface area contributed by atoms with E-state index in [4.69, 9.17) is 10.5 Å². The molecule has 0 atom stereocenters. The molecule has 0 unspecified atom stereocenters. The monoisotopic (exact) mass is 424 g/mol. The van der Waals surface area contributed by atoms with Crippen LogP contribution in [0.2, 0.25) is 0 Å². The quantitative estimate of drug-likeness (QED) is 0.339. The molecule has 0 aliphatic heterocycles. The Morgan fingerprint density at radius 3 is 2.83 bits per heavy atom. The maximum Gasteiger partial charge on any atom is 0.294 e. The minimum absolute atomic E-state index is 0.00904. The van der Waals surface area contributed by atoms with E-state index in [1.807, 2.05) is 24.4 Å². The topological polar surface area (TPSA) is 146 Å². The number of carbonyl (C=O) groups excluding carboxylic acids is 1. The first-order valence-electron chi connectivity index (χ1n) is 8.81. The van der Waals surface area contributed by atoms with Crippen LogP contribution in [0.3, 0.4) is 0 Å². The third-order valence-electron chi connectivity index (χ3n) is 3.92. The summed E-state index contributed by atoms with van der Waals surface area (Å²) in [7, 11) is 0. The predicted octanol–water partition coefficient (Wildman–Crippen LogP) is 2.12. The number of anilines is 1. The van der Waals surface area contributed by atoms with Gasteiger partial charge in [-0.2, -0.15) is 9.78 Å². The lowest BCUT2D eigenvalue weighted by molar-refractivity contribution is 0.0950. The highest BCUT2D eigenvalue weighted by Gasteiger charge is 2.25. The molecule has 0 bridgehead atoms. The Kier molecular flexibility index (Phi) is 5.48. The van der Waals surface area contributed by atoms with Gasteiger partial charge in [-0.3, -0.25) is 4.79 Å². The number of nitrogens with one attached hydrogen (secondary N) is 1. The highest BCUT2D eigenvalue weighted by Crippen LogP contribution is 2.28. The van der Waals surface area contributed by atoms with E-state index in [0.717, 1.165) is 4.88 Å². The Hall–Kier alpha value is -4.06. The third-order valence-corrected chi connectivity index (χ3v) is 4.73. The highest BCUT2D eigenvalue weighted by molar-refractivity contribution is 7.11. The summed E-state index contributed by atoms with van der Waals surface area (Å²) in [4.78, 5) is 13.6. The van der Waals surface area contributed by atoms with Crippen LogP contribution in [-0.2, 0) is 0 Å². The van der Waals surface area contributed by atoms with E-state index in [-0.39, 0.29) is 17.3 Å². The van der Waals surface area contributed by atoms with Gasteiger partial charge in [-0.1, -0.05) is 11.3 Å². The molecule has 0 aliphatic carbocycles. The van der Waals surface area contributed by atoms with E-state index in [1.165, 1.54) is 16.0 Å². The van der Waals surface area contributed by atoms with E-state index in [0.29, 0.717) is 23.6 Å². The van der Waals surface area contributed by atoms with Crippen LogP contribution in [0.15, 0.2) is 51.5 Å². The fraction of sp³-hybridized carbons (Fsp3) is 0.111. The Bertz CT molecular complexity index is 1160. The van der Waals surface area contributed by atoms with Crippen molar-refractivity contribution >= 4 is 29.3 Å². The second kappa shape index (κ2) is 8.53. The lowest BCUT2D eigenvalue weighted by atomic mass is 10.1. The minimum Gasteiger partial charge on any atom is -0.494 e. The van der Waals surface area contributed by atoms with Gasteiger partial charge in [-0.25, -0.2) is 10.1 Å². The molecular weight excluding hydrogens is 408 g/mol. The van der Waals surface area contributed by atoms with Crippen molar-refractivity contribution in [3.8, 4) is 22.8 Å². The van der Waals surface area contributed by atoms with Crippen LogP contribution in [-0.4, -0.2) is 44.0 Å². The second-order valence-electron chi connectivity index (χ2n) is 5.84. The Labute approximate surface area is 174 Å². The summed E-state index contributed by atoms with van der Waals surface area (Å²) in [5.41, 5.74) is 9.28.